The Kier molecular flexibility index (Phi) is 3.95. The van der Waals surface area contributed by atoms with Crippen molar-refractivity contribution in [1.29, 1.82) is 0 Å². The highest BCUT2D eigenvalue weighted by Gasteiger charge is 2.32. The lowest BCUT2D eigenvalue weighted by Crippen LogP contribution is -2.28. The summed E-state index contributed by atoms with van der Waals surface area (Å²) < 4.78 is 0. The number of carbonyl (C=O) groups is 1. The first-order valence-electron chi connectivity index (χ1n) is 5.69. The fourth-order valence-electron chi connectivity index (χ4n) is 2.29. The number of carbonyl (C=O) groups excluding carboxylic acids is 1. The first-order chi connectivity index (χ1) is 6.22. The van der Waals surface area contributed by atoms with E-state index in [4.69, 9.17) is 0 Å². The summed E-state index contributed by atoms with van der Waals surface area (Å²) >= 11 is 0. The average molecular weight is 182 g/mol. The molecule has 1 rings (SSSR count). The van der Waals surface area contributed by atoms with Crippen molar-refractivity contribution in [3.05, 3.63) is 0 Å². The van der Waals surface area contributed by atoms with E-state index in [0.717, 1.165) is 25.2 Å². The van der Waals surface area contributed by atoms with Gasteiger partial charge in [0.25, 0.3) is 0 Å². The normalized spacial score (nSPS) is 34.5. The second kappa shape index (κ2) is 4.78. The van der Waals surface area contributed by atoms with Crippen LogP contribution in [-0.4, -0.2) is 6.29 Å². The molecule has 0 N–H and O–H groups in total. The summed E-state index contributed by atoms with van der Waals surface area (Å²) in [4.78, 5) is 11.1. The lowest BCUT2D eigenvalue weighted by atomic mass is 9.69. The van der Waals surface area contributed by atoms with Crippen molar-refractivity contribution in [1.82, 2.24) is 0 Å². The lowest BCUT2D eigenvalue weighted by molar-refractivity contribution is -0.118. The van der Waals surface area contributed by atoms with Gasteiger partial charge in [0.2, 0.25) is 0 Å². The van der Waals surface area contributed by atoms with Crippen LogP contribution >= 0.6 is 0 Å². The monoisotopic (exact) mass is 182 g/mol. The van der Waals surface area contributed by atoms with E-state index in [1.807, 2.05) is 0 Å². The van der Waals surface area contributed by atoms with Gasteiger partial charge in [-0.15, -0.1) is 0 Å². The van der Waals surface area contributed by atoms with Gasteiger partial charge < -0.3 is 4.79 Å². The molecular formula is C12H22O. The Labute approximate surface area is 81.9 Å². The summed E-state index contributed by atoms with van der Waals surface area (Å²) in [5.41, 5.74) is 0.0719. The molecule has 1 fully saturated rings. The third kappa shape index (κ3) is 2.82. The van der Waals surface area contributed by atoms with Gasteiger partial charge in [0.15, 0.2) is 0 Å². The fourth-order valence-corrected chi connectivity index (χ4v) is 2.29. The molecule has 76 valence electrons. The molecule has 0 heterocycles. The molecule has 0 amide bonds. The van der Waals surface area contributed by atoms with Crippen LogP contribution < -0.4 is 0 Å². The minimum atomic E-state index is 0.0719. The zero-order valence-electron chi connectivity index (χ0n) is 9.01. The number of unbranched alkanes of at least 4 members (excludes halogenated alkanes) is 1. The zero-order chi connectivity index (χ0) is 9.73. The maximum Gasteiger partial charge on any atom is 0.126 e. The second-order valence-corrected chi connectivity index (χ2v) is 4.77. The number of hydrogen-bond donors (Lipinski definition) is 0. The molecule has 0 aromatic heterocycles. The lowest BCUT2D eigenvalue weighted by Gasteiger charge is -2.34. The molecule has 0 radical (unpaired) electrons. The minimum Gasteiger partial charge on any atom is -0.303 e. The molecule has 0 spiro atoms. The van der Waals surface area contributed by atoms with Crippen LogP contribution in [0, 0.1) is 11.3 Å². The molecule has 0 saturated heterocycles. The van der Waals surface area contributed by atoms with E-state index < -0.39 is 0 Å². The smallest absolute Gasteiger partial charge is 0.126 e. The van der Waals surface area contributed by atoms with Crippen LogP contribution in [0.4, 0.5) is 0 Å². The van der Waals surface area contributed by atoms with E-state index in [9.17, 15) is 4.79 Å². The predicted molar refractivity (Wildman–Crippen MR) is 55.7 cm³/mol. The van der Waals surface area contributed by atoms with Gasteiger partial charge in [0.05, 0.1) is 0 Å². The number of aldehydes is 1. The molecule has 1 saturated carbocycles. The second-order valence-electron chi connectivity index (χ2n) is 4.77. The van der Waals surface area contributed by atoms with Crippen molar-refractivity contribution >= 4 is 6.29 Å². The first kappa shape index (κ1) is 10.7. The maximum atomic E-state index is 11.1. The molecule has 0 aromatic rings. The summed E-state index contributed by atoms with van der Waals surface area (Å²) in [5, 5.41) is 0. The Morgan fingerprint density at radius 2 is 2.00 bits per heavy atom. The van der Waals surface area contributed by atoms with Crippen LogP contribution in [0.2, 0.25) is 0 Å². The largest absolute Gasteiger partial charge is 0.303 e. The van der Waals surface area contributed by atoms with Gasteiger partial charge in [-0.1, -0.05) is 26.7 Å². The van der Waals surface area contributed by atoms with Crippen LogP contribution in [-0.2, 0) is 4.79 Å². The molecular weight excluding hydrogens is 160 g/mol. The van der Waals surface area contributed by atoms with Crippen molar-refractivity contribution in [3.63, 3.8) is 0 Å². The van der Waals surface area contributed by atoms with Crippen molar-refractivity contribution in [2.45, 2.75) is 58.8 Å². The highest BCUT2D eigenvalue weighted by atomic mass is 16.1. The summed E-state index contributed by atoms with van der Waals surface area (Å²) in [6, 6.07) is 0. The van der Waals surface area contributed by atoms with Gasteiger partial charge in [0.1, 0.15) is 6.29 Å². The van der Waals surface area contributed by atoms with Crippen LogP contribution in [0.5, 0.6) is 0 Å². The van der Waals surface area contributed by atoms with Crippen LogP contribution in [0.1, 0.15) is 58.8 Å². The van der Waals surface area contributed by atoms with Crippen molar-refractivity contribution in [3.8, 4) is 0 Å². The summed E-state index contributed by atoms with van der Waals surface area (Å²) in [6.45, 7) is 4.50. The van der Waals surface area contributed by atoms with E-state index in [1.165, 1.54) is 32.0 Å². The van der Waals surface area contributed by atoms with Crippen LogP contribution in [0.15, 0.2) is 0 Å². The molecule has 0 unspecified atom stereocenters. The molecule has 13 heavy (non-hydrogen) atoms. The molecule has 0 bridgehead atoms. The zero-order valence-corrected chi connectivity index (χ0v) is 9.01. The highest BCUT2D eigenvalue weighted by Crippen LogP contribution is 2.40. The fraction of sp³-hybridized carbons (Fsp3) is 0.917. The quantitative estimate of drug-likeness (QED) is 0.607. The molecule has 0 aromatic carbocycles. The molecule has 1 nitrogen and oxygen atoms in total. The van der Waals surface area contributed by atoms with Crippen molar-refractivity contribution < 1.29 is 4.79 Å². The summed E-state index contributed by atoms with van der Waals surface area (Å²) in [6.07, 6.45) is 9.58. The molecule has 0 atom stereocenters. The molecule has 1 aliphatic rings. The number of hydrogen-bond acceptors (Lipinski definition) is 1. The average Bonchev–Trinajstić information content (AvgIpc) is 2.18. The molecule has 1 aliphatic carbocycles. The Morgan fingerprint density at radius 1 is 1.38 bits per heavy atom. The van der Waals surface area contributed by atoms with E-state index in [1.54, 1.807) is 0 Å². The van der Waals surface area contributed by atoms with Crippen molar-refractivity contribution in [2.75, 3.05) is 0 Å². The predicted octanol–water partition coefficient (Wildman–Crippen LogP) is 3.57. The highest BCUT2D eigenvalue weighted by molar-refractivity contribution is 5.59. The Hall–Kier alpha value is -0.330. The SMILES string of the molecule is CCCCC1(C=O)CCC(C)CC1. The minimum absolute atomic E-state index is 0.0719. The van der Waals surface area contributed by atoms with Gasteiger partial charge in [-0.3, -0.25) is 0 Å². The van der Waals surface area contributed by atoms with Gasteiger partial charge in [-0.2, -0.15) is 0 Å². The van der Waals surface area contributed by atoms with Gasteiger partial charge in [-0.05, 0) is 38.0 Å². The van der Waals surface area contributed by atoms with Crippen LogP contribution in [0.3, 0.4) is 0 Å². The third-order valence-corrected chi connectivity index (χ3v) is 3.55. The van der Waals surface area contributed by atoms with E-state index >= 15 is 0 Å². The Morgan fingerprint density at radius 3 is 2.46 bits per heavy atom. The molecule has 1 heteroatoms. The maximum absolute atomic E-state index is 11.1. The summed E-state index contributed by atoms with van der Waals surface area (Å²) in [5.74, 6) is 0.842. The van der Waals surface area contributed by atoms with E-state index in [2.05, 4.69) is 13.8 Å². The Balaban J connectivity index is 2.45. The van der Waals surface area contributed by atoms with Gasteiger partial charge in [-0.25, -0.2) is 0 Å². The summed E-state index contributed by atoms with van der Waals surface area (Å²) in [7, 11) is 0. The van der Waals surface area contributed by atoms with E-state index in [-0.39, 0.29) is 5.41 Å². The number of rotatable bonds is 4. The van der Waals surface area contributed by atoms with Gasteiger partial charge in [0, 0.05) is 5.41 Å². The Bertz CT molecular complexity index is 149. The van der Waals surface area contributed by atoms with Crippen LogP contribution in [0.25, 0.3) is 0 Å². The van der Waals surface area contributed by atoms with Crippen molar-refractivity contribution in [2.24, 2.45) is 11.3 Å². The topological polar surface area (TPSA) is 17.1 Å². The van der Waals surface area contributed by atoms with E-state index in [0.29, 0.717) is 0 Å². The first-order valence-corrected chi connectivity index (χ1v) is 5.69. The molecule has 0 aliphatic heterocycles. The third-order valence-electron chi connectivity index (χ3n) is 3.55. The standard InChI is InChI=1S/C12H22O/c1-3-4-7-12(10-13)8-5-11(2)6-9-12/h10-11H,3-9H2,1-2H3. The van der Waals surface area contributed by atoms with Gasteiger partial charge >= 0.3 is 0 Å².